The van der Waals surface area contributed by atoms with Crippen LogP contribution in [-0.4, -0.2) is 16.8 Å². The van der Waals surface area contributed by atoms with E-state index in [0.717, 1.165) is 0 Å². The van der Waals surface area contributed by atoms with Gasteiger partial charge in [-0.2, -0.15) is 0 Å². The highest BCUT2D eigenvalue weighted by atomic mass is 35.5. The zero-order valence-electron chi connectivity index (χ0n) is 18.5. The van der Waals surface area contributed by atoms with Crippen LogP contribution in [0.15, 0.2) is 81.6 Å². The molecule has 0 aromatic heterocycles. The molecule has 3 aromatic carbocycles. The van der Waals surface area contributed by atoms with E-state index in [1.54, 1.807) is 36.4 Å². The van der Waals surface area contributed by atoms with Crippen LogP contribution in [-0.2, 0) is 25.5 Å². The molecule has 0 amide bonds. The number of nitrogens with zero attached hydrogens (tertiary/aromatic N) is 3. The van der Waals surface area contributed by atoms with Gasteiger partial charge in [0.2, 0.25) is 0 Å². The van der Waals surface area contributed by atoms with Crippen LogP contribution in [0.1, 0.15) is 26.3 Å². The van der Waals surface area contributed by atoms with Crippen molar-refractivity contribution in [3.05, 3.63) is 87.8 Å². The van der Waals surface area contributed by atoms with Gasteiger partial charge < -0.3 is 0 Å². The summed E-state index contributed by atoms with van der Waals surface area (Å²) in [6.07, 6.45) is 0. The molecule has 3 aromatic rings. The third-order valence-corrected chi connectivity index (χ3v) is 7.90. The van der Waals surface area contributed by atoms with Crippen LogP contribution in [0.2, 0.25) is 5.02 Å². The van der Waals surface area contributed by atoms with Crippen LogP contribution in [0.4, 0.5) is 17.1 Å². The summed E-state index contributed by atoms with van der Waals surface area (Å²) in [5.41, 5.74) is 8.45. The second-order valence-electron chi connectivity index (χ2n) is 8.29. The Morgan fingerprint density at radius 3 is 1.76 bits per heavy atom. The molecule has 0 spiro atoms. The Morgan fingerprint density at radius 2 is 1.32 bits per heavy atom. The Kier molecular flexibility index (Phi) is 7.13. The maximum atomic E-state index is 13.0. The number of nitrogens with one attached hydrogen (secondary N) is 2. The van der Waals surface area contributed by atoms with Gasteiger partial charge in [-0.1, -0.05) is 73.9 Å². The minimum absolute atomic E-state index is 0.00474. The van der Waals surface area contributed by atoms with E-state index in [-0.39, 0.29) is 31.9 Å². The summed E-state index contributed by atoms with van der Waals surface area (Å²) in [5, 5.41) is 3.32. The second-order valence-corrected chi connectivity index (χ2v) is 12.0. The molecule has 0 radical (unpaired) electrons. The minimum Gasteiger partial charge on any atom is -0.279 e. The lowest BCUT2D eigenvalue weighted by molar-refractivity contribution is 0.589. The highest BCUT2D eigenvalue weighted by Crippen LogP contribution is 2.46. The fourth-order valence-electron chi connectivity index (χ4n) is 3.15. The fraction of sp³-hybridized carbons (Fsp3) is 0.182. The highest BCUT2D eigenvalue weighted by molar-refractivity contribution is 7.93. The standard InChI is InChI=1S/C22H22ClN5O4S2/c1-22(2,3)17-14-18(26-33(29,30)15-10-6-4-7-11-15)21(25-28-24)19(23)20(17)27-34(31,32)16-12-8-5-9-13-16/h4-14,26-27H,1-3H3. The maximum Gasteiger partial charge on any atom is 0.261 e. The van der Waals surface area contributed by atoms with E-state index in [1.807, 2.05) is 20.8 Å². The number of halogens is 1. The van der Waals surface area contributed by atoms with Gasteiger partial charge >= 0.3 is 0 Å². The Morgan fingerprint density at radius 1 is 0.853 bits per heavy atom. The van der Waals surface area contributed by atoms with Gasteiger partial charge in [0.05, 0.1) is 31.9 Å². The lowest BCUT2D eigenvalue weighted by Crippen LogP contribution is -2.21. The number of azide groups is 1. The van der Waals surface area contributed by atoms with E-state index >= 15 is 0 Å². The molecule has 3 rings (SSSR count). The van der Waals surface area contributed by atoms with E-state index in [1.165, 1.54) is 30.3 Å². The summed E-state index contributed by atoms with van der Waals surface area (Å²) in [6, 6.07) is 16.7. The molecule has 0 aliphatic rings. The molecule has 0 aliphatic carbocycles. The van der Waals surface area contributed by atoms with Crippen molar-refractivity contribution >= 4 is 48.7 Å². The van der Waals surface area contributed by atoms with Crippen LogP contribution in [0.3, 0.4) is 0 Å². The molecule has 0 aliphatic heterocycles. The summed E-state index contributed by atoms with van der Waals surface area (Å²) < 4.78 is 56.8. The molecule has 0 fully saturated rings. The van der Waals surface area contributed by atoms with Crippen LogP contribution in [0.5, 0.6) is 0 Å². The van der Waals surface area contributed by atoms with Crippen LogP contribution >= 0.6 is 11.6 Å². The lowest BCUT2D eigenvalue weighted by Gasteiger charge is -2.27. The molecular weight excluding hydrogens is 498 g/mol. The van der Waals surface area contributed by atoms with Gasteiger partial charge in [-0.05, 0) is 46.8 Å². The van der Waals surface area contributed by atoms with Gasteiger partial charge in [-0.25, -0.2) is 16.8 Å². The molecule has 34 heavy (non-hydrogen) atoms. The first kappa shape index (κ1) is 25.4. The van der Waals surface area contributed by atoms with E-state index in [2.05, 4.69) is 19.5 Å². The SMILES string of the molecule is CC(C)(C)c1cc(NS(=O)(=O)c2ccccc2)c(N=[N+]=[N-])c(Cl)c1NS(=O)(=O)c1ccccc1. The number of rotatable bonds is 7. The molecule has 9 nitrogen and oxygen atoms in total. The van der Waals surface area contributed by atoms with Crippen molar-refractivity contribution in [1.29, 1.82) is 0 Å². The summed E-state index contributed by atoms with van der Waals surface area (Å²) in [5.74, 6) is 0. The Labute approximate surface area is 203 Å². The number of anilines is 2. The first-order chi connectivity index (χ1) is 15.9. The highest BCUT2D eigenvalue weighted by Gasteiger charge is 2.29. The average molecular weight is 520 g/mol. The van der Waals surface area contributed by atoms with Gasteiger partial charge in [0.15, 0.2) is 0 Å². The quantitative estimate of drug-likeness (QED) is 0.218. The van der Waals surface area contributed by atoms with Crippen molar-refractivity contribution in [1.82, 2.24) is 0 Å². The van der Waals surface area contributed by atoms with Crippen molar-refractivity contribution in [3.8, 4) is 0 Å². The van der Waals surface area contributed by atoms with Gasteiger partial charge in [0.1, 0.15) is 0 Å². The zero-order valence-corrected chi connectivity index (χ0v) is 20.9. The zero-order chi connectivity index (χ0) is 25.1. The third-order valence-electron chi connectivity index (χ3n) is 4.78. The first-order valence-corrected chi connectivity index (χ1v) is 13.3. The summed E-state index contributed by atoms with van der Waals surface area (Å²) in [4.78, 5) is 2.74. The van der Waals surface area contributed by atoms with Crippen molar-refractivity contribution in [2.75, 3.05) is 9.44 Å². The normalized spacial score (nSPS) is 12.0. The predicted molar refractivity (Wildman–Crippen MR) is 133 cm³/mol. The Bertz CT molecular complexity index is 1470. The van der Waals surface area contributed by atoms with Gasteiger partial charge in [0.25, 0.3) is 20.0 Å². The smallest absolute Gasteiger partial charge is 0.261 e. The largest absolute Gasteiger partial charge is 0.279 e. The van der Waals surface area contributed by atoms with Crippen molar-refractivity contribution in [2.24, 2.45) is 5.11 Å². The number of hydrogen-bond donors (Lipinski definition) is 2. The summed E-state index contributed by atoms with van der Waals surface area (Å²) >= 11 is 6.55. The molecule has 0 unspecified atom stereocenters. The molecule has 0 saturated carbocycles. The molecule has 0 atom stereocenters. The number of sulfonamides is 2. The van der Waals surface area contributed by atoms with Crippen LogP contribution in [0.25, 0.3) is 10.4 Å². The number of benzene rings is 3. The van der Waals surface area contributed by atoms with E-state index in [4.69, 9.17) is 17.1 Å². The third kappa shape index (κ3) is 5.45. The van der Waals surface area contributed by atoms with Crippen LogP contribution in [0, 0.1) is 0 Å². The topological polar surface area (TPSA) is 141 Å². The molecule has 178 valence electrons. The number of hydrogen-bond acceptors (Lipinski definition) is 5. The lowest BCUT2D eigenvalue weighted by atomic mass is 9.85. The summed E-state index contributed by atoms with van der Waals surface area (Å²) in [7, 11) is -8.10. The fourth-order valence-corrected chi connectivity index (χ4v) is 5.68. The molecule has 0 heterocycles. The van der Waals surface area contributed by atoms with Crippen molar-refractivity contribution in [3.63, 3.8) is 0 Å². The Hall–Kier alpha value is -3.24. The molecule has 2 N–H and O–H groups in total. The molecular formula is C22H22ClN5O4S2. The average Bonchev–Trinajstić information content (AvgIpc) is 2.78. The van der Waals surface area contributed by atoms with E-state index in [9.17, 15) is 16.8 Å². The maximum absolute atomic E-state index is 13.0. The minimum atomic E-state index is -4.05. The van der Waals surface area contributed by atoms with E-state index in [0.29, 0.717) is 5.56 Å². The van der Waals surface area contributed by atoms with Crippen molar-refractivity contribution < 1.29 is 16.8 Å². The first-order valence-electron chi connectivity index (χ1n) is 9.94. The van der Waals surface area contributed by atoms with Gasteiger partial charge in [-0.15, -0.1) is 0 Å². The van der Waals surface area contributed by atoms with Crippen molar-refractivity contribution in [2.45, 2.75) is 36.0 Å². The van der Waals surface area contributed by atoms with E-state index < -0.39 is 25.5 Å². The van der Waals surface area contributed by atoms with Gasteiger partial charge in [0, 0.05) is 4.91 Å². The molecule has 0 saturated heterocycles. The monoisotopic (exact) mass is 519 g/mol. The summed E-state index contributed by atoms with van der Waals surface area (Å²) in [6.45, 7) is 5.42. The Balaban J connectivity index is 2.23. The van der Waals surface area contributed by atoms with Gasteiger partial charge in [-0.3, -0.25) is 9.44 Å². The predicted octanol–water partition coefficient (Wildman–Crippen LogP) is 6.18. The molecule has 0 bridgehead atoms. The second kappa shape index (κ2) is 9.55. The van der Waals surface area contributed by atoms with Crippen LogP contribution < -0.4 is 9.44 Å². The molecule has 12 heteroatoms.